The zero-order valence-corrected chi connectivity index (χ0v) is 11.8. The van der Waals surface area contributed by atoms with Gasteiger partial charge in [0.15, 0.2) is 5.96 Å². The van der Waals surface area contributed by atoms with Gasteiger partial charge in [-0.1, -0.05) is 13.0 Å². The van der Waals surface area contributed by atoms with E-state index in [4.69, 9.17) is 4.74 Å². The normalized spacial score (nSPS) is 25.7. The van der Waals surface area contributed by atoms with E-state index in [0.717, 1.165) is 30.6 Å². The second kappa shape index (κ2) is 4.81. The van der Waals surface area contributed by atoms with Crippen molar-refractivity contribution in [3.8, 4) is 5.75 Å². The van der Waals surface area contributed by atoms with Crippen LogP contribution in [-0.2, 0) is 16.8 Å². The van der Waals surface area contributed by atoms with E-state index >= 15 is 0 Å². The Balaban J connectivity index is 1.98. The number of benzene rings is 1. The van der Waals surface area contributed by atoms with E-state index in [1.54, 1.807) is 7.11 Å². The Hall–Kier alpha value is -2.04. The summed E-state index contributed by atoms with van der Waals surface area (Å²) >= 11 is 0. The van der Waals surface area contributed by atoms with Crippen molar-refractivity contribution >= 4 is 11.9 Å². The molecule has 5 nitrogen and oxygen atoms in total. The van der Waals surface area contributed by atoms with Gasteiger partial charge in [-0.2, -0.15) is 0 Å². The maximum atomic E-state index is 12.4. The minimum Gasteiger partial charge on any atom is -0.497 e. The molecule has 1 unspecified atom stereocenters. The summed E-state index contributed by atoms with van der Waals surface area (Å²) in [5.41, 5.74) is 1.54. The maximum absolute atomic E-state index is 12.4. The van der Waals surface area contributed by atoms with Gasteiger partial charge in [-0.25, -0.2) is 0 Å². The molecule has 2 N–H and O–H groups in total. The summed E-state index contributed by atoms with van der Waals surface area (Å²) in [5, 5.41) is 6.15. The van der Waals surface area contributed by atoms with Gasteiger partial charge in [-0.05, 0) is 42.5 Å². The first-order valence-corrected chi connectivity index (χ1v) is 7.01. The van der Waals surface area contributed by atoms with E-state index in [1.807, 2.05) is 18.2 Å². The van der Waals surface area contributed by atoms with Crippen LogP contribution in [0.2, 0.25) is 0 Å². The molecule has 1 aromatic carbocycles. The van der Waals surface area contributed by atoms with Crippen LogP contribution in [0.4, 0.5) is 0 Å². The van der Waals surface area contributed by atoms with Crippen LogP contribution in [0.5, 0.6) is 5.75 Å². The topological polar surface area (TPSA) is 62.7 Å². The predicted molar refractivity (Wildman–Crippen MR) is 76.9 cm³/mol. The highest BCUT2D eigenvalue weighted by Gasteiger charge is 2.50. The summed E-state index contributed by atoms with van der Waals surface area (Å²) in [5.74, 6) is 1.35. The van der Waals surface area contributed by atoms with Gasteiger partial charge in [0.25, 0.3) is 5.91 Å². The van der Waals surface area contributed by atoms with Crippen LogP contribution in [0.25, 0.3) is 0 Å². The number of ether oxygens (including phenoxy) is 1. The third-order valence-electron chi connectivity index (χ3n) is 3.99. The van der Waals surface area contributed by atoms with Crippen LogP contribution in [0.1, 0.15) is 30.9 Å². The molecule has 1 aliphatic heterocycles. The van der Waals surface area contributed by atoms with E-state index < -0.39 is 5.54 Å². The maximum Gasteiger partial charge on any atom is 0.257 e. The van der Waals surface area contributed by atoms with Gasteiger partial charge in [-0.3, -0.25) is 15.1 Å². The number of rotatable bonds is 3. The molecule has 0 aromatic heterocycles. The zero-order chi connectivity index (χ0) is 14.2. The molecule has 1 aromatic rings. The van der Waals surface area contributed by atoms with Crippen molar-refractivity contribution in [2.45, 2.75) is 31.7 Å². The molecule has 1 amide bonds. The van der Waals surface area contributed by atoms with Gasteiger partial charge in [0.05, 0.1) is 7.11 Å². The zero-order valence-electron chi connectivity index (χ0n) is 11.8. The van der Waals surface area contributed by atoms with Crippen molar-refractivity contribution in [1.29, 1.82) is 0 Å². The summed E-state index contributed by atoms with van der Waals surface area (Å²) in [6.07, 6.45) is 2.60. The Labute approximate surface area is 118 Å². The summed E-state index contributed by atoms with van der Waals surface area (Å²) in [4.78, 5) is 16.8. The Bertz CT molecular complexity index is 582. The molecule has 106 valence electrons. The van der Waals surface area contributed by atoms with Gasteiger partial charge in [0.2, 0.25) is 0 Å². The van der Waals surface area contributed by atoms with Gasteiger partial charge in [0.1, 0.15) is 11.3 Å². The van der Waals surface area contributed by atoms with Crippen molar-refractivity contribution < 1.29 is 9.53 Å². The first-order valence-electron chi connectivity index (χ1n) is 7.01. The second-order valence-electron chi connectivity index (χ2n) is 5.24. The van der Waals surface area contributed by atoms with Crippen molar-refractivity contribution in [3.05, 3.63) is 29.3 Å². The van der Waals surface area contributed by atoms with Crippen LogP contribution >= 0.6 is 0 Å². The summed E-state index contributed by atoms with van der Waals surface area (Å²) in [6.45, 7) is 2.77. The predicted octanol–water partition coefficient (Wildman–Crippen LogP) is 1.32. The third-order valence-corrected chi connectivity index (χ3v) is 3.99. The molecule has 5 heteroatoms. The van der Waals surface area contributed by atoms with E-state index in [0.29, 0.717) is 12.5 Å². The number of aliphatic imine (C=N–C) groups is 1. The Morgan fingerprint density at radius 2 is 2.30 bits per heavy atom. The van der Waals surface area contributed by atoms with E-state index in [-0.39, 0.29) is 5.91 Å². The number of nitrogens with one attached hydrogen (secondary N) is 2. The quantitative estimate of drug-likeness (QED) is 0.873. The molecule has 2 aliphatic rings. The van der Waals surface area contributed by atoms with Crippen molar-refractivity contribution in [2.24, 2.45) is 4.99 Å². The lowest BCUT2D eigenvalue weighted by atomic mass is 9.92. The number of carbonyl (C=O) groups is 1. The van der Waals surface area contributed by atoms with E-state index in [9.17, 15) is 4.79 Å². The minimum atomic E-state index is -0.670. The van der Waals surface area contributed by atoms with Crippen LogP contribution in [-0.4, -0.2) is 25.5 Å². The summed E-state index contributed by atoms with van der Waals surface area (Å²) < 4.78 is 5.28. The smallest absolute Gasteiger partial charge is 0.257 e. The number of aryl methyl sites for hydroxylation is 1. The van der Waals surface area contributed by atoms with Gasteiger partial charge < -0.3 is 10.1 Å². The Morgan fingerprint density at radius 1 is 1.45 bits per heavy atom. The fraction of sp³-hybridized carbons (Fsp3) is 0.467. The molecular weight excluding hydrogens is 254 g/mol. The lowest BCUT2D eigenvalue weighted by Gasteiger charge is -2.22. The van der Waals surface area contributed by atoms with Crippen molar-refractivity contribution in [1.82, 2.24) is 10.6 Å². The van der Waals surface area contributed by atoms with Crippen LogP contribution in [0, 0.1) is 0 Å². The monoisotopic (exact) mass is 273 g/mol. The number of amides is 1. The third kappa shape index (κ3) is 1.85. The number of carbonyl (C=O) groups excluding carboxylic acids is 1. The molecule has 1 saturated heterocycles. The minimum absolute atomic E-state index is 0.0145. The van der Waals surface area contributed by atoms with E-state index in [2.05, 4.69) is 22.5 Å². The fourth-order valence-corrected chi connectivity index (χ4v) is 2.93. The molecule has 3 rings (SSSR count). The molecule has 1 fully saturated rings. The van der Waals surface area contributed by atoms with Gasteiger partial charge in [-0.15, -0.1) is 0 Å². The molecule has 1 spiro atoms. The molecule has 1 aliphatic carbocycles. The highest BCUT2D eigenvalue weighted by Crippen LogP contribution is 2.40. The van der Waals surface area contributed by atoms with Crippen molar-refractivity contribution in [3.63, 3.8) is 0 Å². The molecule has 1 atom stereocenters. The molecule has 1 heterocycles. The number of hydrogen-bond donors (Lipinski definition) is 2. The lowest BCUT2D eigenvalue weighted by Crippen LogP contribution is -2.41. The number of methoxy groups -OCH3 is 1. The first kappa shape index (κ1) is 13.0. The number of nitrogens with zero attached hydrogens (tertiary/aromatic N) is 1. The van der Waals surface area contributed by atoms with Crippen LogP contribution in [0.15, 0.2) is 23.2 Å². The molecule has 20 heavy (non-hydrogen) atoms. The Morgan fingerprint density at radius 3 is 3.05 bits per heavy atom. The number of hydrogen-bond acceptors (Lipinski definition) is 3. The average molecular weight is 273 g/mol. The van der Waals surface area contributed by atoms with Crippen molar-refractivity contribution in [2.75, 3.05) is 13.7 Å². The highest BCUT2D eigenvalue weighted by molar-refractivity contribution is 6.10. The fourth-order valence-electron chi connectivity index (χ4n) is 2.93. The van der Waals surface area contributed by atoms with Gasteiger partial charge in [0, 0.05) is 6.54 Å². The number of fused-ring (bicyclic) bond motifs is 2. The molecular formula is C15H19N3O2. The molecule has 0 saturated carbocycles. The average Bonchev–Trinajstić information content (AvgIpc) is 2.99. The second-order valence-corrected chi connectivity index (χ2v) is 5.24. The summed E-state index contributed by atoms with van der Waals surface area (Å²) in [6, 6.07) is 5.94. The standard InChI is InChI=1S/C15H19N3O2/c1-3-8-16-14-17-13(19)15(18-14)7-6-10-4-5-11(20-2)9-12(10)15/h4-5,9H,3,6-8H2,1-2H3,(H2,16,17,18,19). The first-order chi connectivity index (χ1) is 9.69. The van der Waals surface area contributed by atoms with E-state index in [1.165, 1.54) is 5.56 Å². The summed E-state index contributed by atoms with van der Waals surface area (Å²) in [7, 11) is 1.64. The SMILES string of the molecule is CCCN=C1NC(=O)C2(CCc3ccc(OC)cc32)N1. The van der Waals surface area contributed by atoms with Crippen LogP contribution in [0.3, 0.4) is 0 Å². The Kier molecular flexibility index (Phi) is 3.12. The lowest BCUT2D eigenvalue weighted by molar-refractivity contribution is -0.124. The molecule has 0 radical (unpaired) electrons. The molecule has 0 bridgehead atoms. The largest absolute Gasteiger partial charge is 0.497 e. The van der Waals surface area contributed by atoms with Gasteiger partial charge >= 0.3 is 0 Å². The van der Waals surface area contributed by atoms with Crippen LogP contribution < -0.4 is 15.4 Å². The highest BCUT2D eigenvalue weighted by atomic mass is 16.5. The number of guanidine groups is 1.